The number of nitrogens with zero attached hydrogens (tertiary/aromatic N) is 2. The number of aryl methyl sites for hydroxylation is 1. The van der Waals surface area contributed by atoms with E-state index in [0.29, 0.717) is 5.69 Å². The molecule has 1 amide bonds. The molecule has 1 heterocycles. The number of hydrogen-bond donors (Lipinski definition) is 0. The Labute approximate surface area is 103 Å². The maximum Gasteiger partial charge on any atom is 0.273 e. The highest BCUT2D eigenvalue weighted by molar-refractivity contribution is 9.09. The molecule has 1 aromatic heterocycles. The largest absolute Gasteiger partial charge is 0.338 e. The highest BCUT2D eigenvalue weighted by Crippen LogP contribution is 2.11. The molecule has 0 saturated carbocycles. The van der Waals surface area contributed by atoms with Gasteiger partial charge >= 0.3 is 0 Å². The number of carbonyl (C=O) groups excluding carboxylic acids is 1. The number of rotatable bonds is 5. The Kier molecular flexibility index (Phi) is 5.25. The number of aromatic nitrogens is 1. The van der Waals surface area contributed by atoms with Crippen molar-refractivity contribution in [3.8, 4) is 0 Å². The second-order valence-corrected chi connectivity index (χ2v) is 5.03. The molecule has 0 N–H and O–H groups in total. The third kappa shape index (κ3) is 3.57. The summed E-state index contributed by atoms with van der Waals surface area (Å²) in [5.41, 5.74) is 0.578. The fourth-order valence-electron chi connectivity index (χ4n) is 1.28. The number of alkyl halides is 1. The molecule has 5 heteroatoms. The number of carbonyl (C=O) groups is 1. The second kappa shape index (κ2) is 6.23. The molecular formula is C10H15BrN2OS. The van der Waals surface area contributed by atoms with E-state index < -0.39 is 0 Å². The van der Waals surface area contributed by atoms with E-state index in [2.05, 4.69) is 20.9 Å². The van der Waals surface area contributed by atoms with E-state index >= 15 is 0 Å². The highest BCUT2D eigenvalue weighted by Gasteiger charge is 2.15. The van der Waals surface area contributed by atoms with Crippen LogP contribution in [0.15, 0.2) is 5.38 Å². The average molecular weight is 291 g/mol. The average Bonchev–Trinajstić information content (AvgIpc) is 2.65. The molecule has 1 rings (SSSR count). The minimum Gasteiger partial charge on any atom is -0.338 e. The van der Waals surface area contributed by atoms with Crippen molar-refractivity contribution in [2.75, 3.05) is 18.4 Å². The first-order valence-corrected chi connectivity index (χ1v) is 6.96. The van der Waals surface area contributed by atoms with Crippen LogP contribution in [0.2, 0.25) is 0 Å². The molecule has 0 aromatic carbocycles. The van der Waals surface area contributed by atoms with E-state index in [-0.39, 0.29) is 5.91 Å². The minimum absolute atomic E-state index is 0.0443. The van der Waals surface area contributed by atoms with Crippen LogP contribution in [0, 0.1) is 6.92 Å². The van der Waals surface area contributed by atoms with Crippen molar-refractivity contribution in [1.29, 1.82) is 0 Å². The summed E-state index contributed by atoms with van der Waals surface area (Å²) in [6, 6.07) is 0. The number of hydrogen-bond acceptors (Lipinski definition) is 3. The molecule has 1 aromatic rings. The number of thiazole rings is 1. The SMILES string of the molecule is CCN(CCCBr)C(=O)c1csc(C)n1. The number of amides is 1. The lowest BCUT2D eigenvalue weighted by Crippen LogP contribution is -2.32. The van der Waals surface area contributed by atoms with Gasteiger partial charge in [-0.2, -0.15) is 0 Å². The molecular weight excluding hydrogens is 276 g/mol. The zero-order valence-electron chi connectivity index (χ0n) is 8.99. The van der Waals surface area contributed by atoms with Crippen LogP contribution in [0.1, 0.15) is 28.8 Å². The van der Waals surface area contributed by atoms with Crippen LogP contribution in [0.25, 0.3) is 0 Å². The lowest BCUT2D eigenvalue weighted by Gasteiger charge is -2.18. The standard InChI is InChI=1S/C10H15BrN2OS/c1-3-13(6-4-5-11)10(14)9-7-15-8(2)12-9/h7H,3-6H2,1-2H3. The molecule has 0 radical (unpaired) electrons. The molecule has 0 aliphatic heterocycles. The van der Waals surface area contributed by atoms with Crippen LogP contribution in [0.4, 0.5) is 0 Å². The van der Waals surface area contributed by atoms with Crippen LogP contribution in [0.3, 0.4) is 0 Å². The van der Waals surface area contributed by atoms with E-state index in [0.717, 1.165) is 29.8 Å². The predicted octanol–water partition coefficient (Wildman–Crippen LogP) is 2.70. The molecule has 0 spiro atoms. The van der Waals surface area contributed by atoms with Gasteiger partial charge in [0, 0.05) is 23.8 Å². The van der Waals surface area contributed by atoms with Gasteiger partial charge in [0.1, 0.15) is 5.69 Å². The Bertz CT molecular complexity index is 327. The Hall–Kier alpha value is -0.420. The van der Waals surface area contributed by atoms with Gasteiger partial charge in [-0.1, -0.05) is 15.9 Å². The molecule has 0 atom stereocenters. The maximum atomic E-state index is 11.9. The van der Waals surface area contributed by atoms with Crippen molar-refractivity contribution in [3.63, 3.8) is 0 Å². The maximum absolute atomic E-state index is 11.9. The van der Waals surface area contributed by atoms with Gasteiger partial charge in [-0.3, -0.25) is 4.79 Å². The molecule has 3 nitrogen and oxygen atoms in total. The summed E-state index contributed by atoms with van der Waals surface area (Å²) in [6.07, 6.45) is 0.975. The molecule has 0 aliphatic rings. The summed E-state index contributed by atoms with van der Waals surface area (Å²) in [5.74, 6) is 0.0443. The van der Waals surface area contributed by atoms with Crippen LogP contribution < -0.4 is 0 Å². The van der Waals surface area contributed by atoms with Crippen LogP contribution in [-0.2, 0) is 0 Å². The van der Waals surface area contributed by atoms with Gasteiger partial charge < -0.3 is 4.90 Å². The van der Waals surface area contributed by atoms with Crippen LogP contribution in [0.5, 0.6) is 0 Å². The van der Waals surface area contributed by atoms with E-state index in [1.54, 1.807) is 0 Å². The molecule has 0 saturated heterocycles. The number of halogens is 1. The summed E-state index contributed by atoms with van der Waals surface area (Å²) in [7, 11) is 0. The first kappa shape index (κ1) is 12.6. The third-order valence-electron chi connectivity index (χ3n) is 2.07. The monoisotopic (exact) mass is 290 g/mol. The normalized spacial score (nSPS) is 10.3. The second-order valence-electron chi connectivity index (χ2n) is 3.18. The van der Waals surface area contributed by atoms with Crippen molar-refractivity contribution in [2.45, 2.75) is 20.3 Å². The highest BCUT2D eigenvalue weighted by atomic mass is 79.9. The van der Waals surface area contributed by atoms with Crippen LogP contribution >= 0.6 is 27.3 Å². The van der Waals surface area contributed by atoms with Crippen molar-refractivity contribution in [3.05, 3.63) is 16.1 Å². The quantitative estimate of drug-likeness (QED) is 0.781. The third-order valence-corrected chi connectivity index (χ3v) is 3.40. The van der Waals surface area contributed by atoms with Gasteiger partial charge in [-0.25, -0.2) is 4.98 Å². The van der Waals surface area contributed by atoms with Gasteiger partial charge in [0.15, 0.2) is 0 Å². The molecule has 0 aliphatic carbocycles. The van der Waals surface area contributed by atoms with Crippen molar-refractivity contribution in [2.24, 2.45) is 0 Å². The van der Waals surface area contributed by atoms with Gasteiger partial charge in [0.05, 0.1) is 5.01 Å². The van der Waals surface area contributed by atoms with Crippen molar-refractivity contribution in [1.82, 2.24) is 9.88 Å². The zero-order valence-corrected chi connectivity index (χ0v) is 11.4. The van der Waals surface area contributed by atoms with Gasteiger partial charge in [-0.05, 0) is 20.3 Å². The predicted molar refractivity (Wildman–Crippen MR) is 66.8 cm³/mol. The molecule has 84 valence electrons. The molecule has 0 unspecified atom stereocenters. The Morgan fingerprint density at radius 2 is 2.40 bits per heavy atom. The zero-order chi connectivity index (χ0) is 11.3. The minimum atomic E-state index is 0.0443. The summed E-state index contributed by atoms with van der Waals surface area (Å²) in [5, 5.41) is 3.69. The van der Waals surface area contributed by atoms with E-state index in [1.165, 1.54) is 11.3 Å². The van der Waals surface area contributed by atoms with Gasteiger partial charge in [0.25, 0.3) is 5.91 Å². The fourth-order valence-corrected chi connectivity index (χ4v) is 2.12. The summed E-state index contributed by atoms with van der Waals surface area (Å²) < 4.78 is 0. The molecule has 15 heavy (non-hydrogen) atoms. The first-order valence-electron chi connectivity index (χ1n) is 4.96. The van der Waals surface area contributed by atoms with Crippen LogP contribution in [-0.4, -0.2) is 34.2 Å². The fraction of sp³-hybridized carbons (Fsp3) is 0.600. The van der Waals surface area contributed by atoms with E-state index in [4.69, 9.17) is 0 Å². The van der Waals surface area contributed by atoms with E-state index in [9.17, 15) is 4.79 Å². The topological polar surface area (TPSA) is 33.2 Å². The first-order chi connectivity index (χ1) is 7.19. The lowest BCUT2D eigenvalue weighted by atomic mass is 10.3. The molecule has 0 bridgehead atoms. The molecule has 0 fully saturated rings. The van der Waals surface area contributed by atoms with E-state index in [1.807, 2.05) is 24.1 Å². The Morgan fingerprint density at radius 1 is 1.67 bits per heavy atom. The van der Waals surface area contributed by atoms with Gasteiger partial charge in [0.2, 0.25) is 0 Å². The summed E-state index contributed by atoms with van der Waals surface area (Å²) >= 11 is 4.88. The summed E-state index contributed by atoms with van der Waals surface area (Å²) in [4.78, 5) is 18.0. The summed E-state index contributed by atoms with van der Waals surface area (Å²) in [6.45, 7) is 5.43. The lowest BCUT2D eigenvalue weighted by molar-refractivity contribution is 0.0760. The van der Waals surface area contributed by atoms with Crippen molar-refractivity contribution < 1.29 is 4.79 Å². The Balaban J connectivity index is 2.64. The smallest absolute Gasteiger partial charge is 0.273 e. The Morgan fingerprint density at radius 3 is 2.87 bits per heavy atom. The van der Waals surface area contributed by atoms with Gasteiger partial charge in [-0.15, -0.1) is 11.3 Å². The van der Waals surface area contributed by atoms with Crippen molar-refractivity contribution >= 4 is 33.2 Å².